The zero-order chi connectivity index (χ0) is 20.4. The van der Waals surface area contributed by atoms with Gasteiger partial charge in [-0.2, -0.15) is 4.31 Å². The summed E-state index contributed by atoms with van der Waals surface area (Å²) in [5, 5.41) is 9.54. The van der Waals surface area contributed by atoms with Crippen LogP contribution >= 0.6 is 0 Å². The Morgan fingerprint density at radius 2 is 1.85 bits per heavy atom. The Bertz CT molecular complexity index is 815. The summed E-state index contributed by atoms with van der Waals surface area (Å²) >= 11 is 0. The number of hydrogen-bond donors (Lipinski definition) is 1. The maximum absolute atomic E-state index is 12.9. The van der Waals surface area contributed by atoms with Gasteiger partial charge in [-0.1, -0.05) is 24.3 Å². The van der Waals surface area contributed by atoms with Crippen molar-refractivity contribution in [3.8, 4) is 0 Å². The number of aliphatic carboxylic acids is 1. The zero-order valence-electron chi connectivity index (χ0n) is 16.0. The van der Waals surface area contributed by atoms with Gasteiger partial charge in [0.05, 0.1) is 12.3 Å². The molecule has 9 heteroatoms. The van der Waals surface area contributed by atoms with Crippen molar-refractivity contribution in [2.24, 2.45) is 0 Å². The normalized spacial score (nSPS) is 19.0. The second-order valence-corrected chi connectivity index (χ2v) is 9.50. The lowest BCUT2D eigenvalue weighted by Crippen LogP contribution is -2.59. The van der Waals surface area contributed by atoms with Gasteiger partial charge in [0.25, 0.3) is 0 Å². The van der Waals surface area contributed by atoms with Crippen LogP contribution in [0.2, 0.25) is 0 Å². The molecule has 1 unspecified atom stereocenters. The number of ether oxygens (including phenoxy) is 1. The van der Waals surface area contributed by atoms with E-state index in [2.05, 4.69) is 0 Å². The highest BCUT2D eigenvalue weighted by molar-refractivity contribution is 7.88. The predicted molar refractivity (Wildman–Crippen MR) is 99.7 cm³/mol. The van der Waals surface area contributed by atoms with Crippen LogP contribution < -0.4 is 0 Å². The number of carbonyl (C=O) groups is 2. The molecule has 1 N–H and O–H groups in total. The molecule has 0 aliphatic carbocycles. The number of benzene rings is 1. The summed E-state index contributed by atoms with van der Waals surface area (Å²) in [6, 6.07) is 5.72. The highest BCUT2D eigenvalue weighted by Gasteiger charge is 2.41. The van der Waals surface area contributed by atoms with Crippen molar-refractivity contribution in [1.29, 1.82) is 0 Å². The number of carbonyl (C=O) groups excluding carboxylic acids is 1. The van der Waals surface area contributed by atoms with Crippen molar-refractivity contribution in [2.45, 2.75) is 45.1 Å². The van der Waals surface area contributed by atoms with Crippen LogP contribution in [0.4, 0.5) is 4.79 Å². The van der Waals surface area contributed by atoms with Crippen LogP contribution in [0.5, 0.6) is 0 Å². The van der Waals surface area contributed by atoms with Gasteiger partial charge in [-0.3, -0.25) is 4.79 Å². The predicted octanol–water partition coefficient (Wildman–Crippen LogP) is 1.83. The quantitative estimate of drug-likeness (QED) is 0.830. The molecule has 1 aromatic carbocycles. The van der Waals surface area contributed by atoms with E-state index in [-0.39, 0.29) is 25.4 Å². The summed E-state index contributed by atoms with van der Waals surface area (Å²) in [7, 11) is -3.86. The number of amides is 1. The van der Waals surface area contributed by atoms with Crippen molar-refractivity contribution in [3.05, 3.63) is 35.4 Å². The third-order valence-electron chi connectivity index (χ3n) is 4.22. The Hall–Kier alpha value is -2.13. The molecule has 0 bridgehead atoms. The summed E-state index contributed by atoms with van der Waals surface area (Å²) in [6.45, 7) is 6.67. The van der Waals surface area contributed by atoms with Gasteiger partial charge in [-0.25, -0.2) is 13.2 Å². The second-order valence-electron chi connectivity index (χ2n) is 7.57. The van der Waals surface area contributed by atoms with E-state index in [0.29, 0.717) is 5.56 Å². The first kappa shape index (κ1) is 21.2. The molecule has 1 aliphatic heterocycles. The number of carboxylic acid groups (broad SMARTS) is 1. The van der Waals surface area contributed by atoms with Gasteiger partial charge in [0, 0.05) is 13.1 Å². The molecular formula is C18H26N2O6S. The van der Waals surface area contributed by atoms with Crippen molar-refractivity contribution in [1.82, 2.24) is 9.21 Å². The maximum Gasteiger partial charge on any atom is 0.410 e. The molecule has 1 saturated heterocycles. The molecule has 1 fully saturated rings. The fourth-order valence-electron chi connectivity index (χ4n) is 2.84. The molecule has 0 aromatic heterocycles. The molecule has 1 aliphatic rings. The monoisotopic (exact) mass is 398 g/mol. The fourth-order valence-corrected chi connectivity index (χ4v) is 4.63. The topological polar surface area (TPSA) is 104 Å². The second kappa shape index (κ2) is 7.85. The Morgan fingerprint density at radius 3 is 2.41 bits per heavy atom. The Labute approximate surface area is 159 Å². The van der Waals surface area contributed by atoms with E-state index < -0.39 is 33.7 Å². The van der Waals surface area contributed by atoms with Gasteiger partial charge in [-0.05, 0) is 38.8 Å². The van der Waals surface area contributed by atoms with Crippen LogP contribution in [0.1, 0.15) is 31.9 Å². The van der Waals surface area contributed by atoms with Crippen LogP contribution in [-0.2, 0) is 25.3 Å². The van der Waals surface area contributed by atoms with Crippen LogP contribution in [0, 0.1) is 6.92 Å². The first-order valence-corrected chi connectivity index (χ1v) is 10.3. The van der Waals surface area contributed by atoms with Gasteiger partial charge in [0.15, 0.2) is 0 Å². The van der Waals surface area contributed by atoms with Gasteiger partial charge in [0.1, 0.15) is 11.6 Å². The average Bonchev–Trinajstić information content (AvgIpc) is 2.54. The van der Waals surface area contributed by atoms with E-state index in [4.69, 9.17) is 4.74 Å². The van der Waals surface area contributed by atoms with Gasteiger partial charge < -0.3 is 14.7 Å². The van der Waals surface area contributed by atoms with Crippen molar-refractivity contribution in [2.75, 3.05) is 19.6 Å². The van der Waals surface area contributed by atoms with Crippen molar-refractivity contribution >= 4 is 22.1 Å². The molecule has 1 aromatic rings. The number of aryl methyl sites for hydroxylation is 1. The molecule has 8 nitrogen and oxygen atoms in total. The fraction of sp³-hybridized carbons (Fsp3) is 0.556. The first-order chi connectivity index (χ1) is 12.4. The van der Waals surface area contributed by atoms with E-state index >= 15 is 0 Å². The highest BCUT2D eigenvalue weighted by atomic mass is 32.2. The van der Waals surface area contributed by atoms with E-state index in [1.54, 1.807) is 45.9 Å². The summed E-state index contributed by atoms with van der Waals surface area (Å²) < 4.78 is 31.9. The van der Waals surface area contributed by atoms with Crippen LogP contribution in [0.15, 0.2) is 24.3 Å². The van der Waals surface area contributed by atoms with Crippen LogP contribution in [0.25, 0.3) is 0 Å². The molecule has 1 heterocycles. The Kier molecular flexibility index (Phi) is 6.16. The van der Waals surface area contributed by atoms with E-state index in [0.717, 1.165) is 9.87 Å². The summed E-state index contributed by atoms with van der Waals surface area (Å²) in [4.78, 5) is 25.2. The molecular weight excluding hydrogens is 372 g/mol. The van der Waals surface area contributed by atoms with Gasteiger partial charge in [-0.15, -0.1) is 0 Å². The summed E-state index contributed by atoms with van der Waals surface area (Å²) in [6.07, 6.45) is -0.648. The molecule has 1 amide bonds. The number of hydrogen-bond acceptors (Lipinski definition) is 5. The van der Waals surface area contributed by atoms with E-state index in [1.807, 2.05) is 6.07 Å². The number of carboxylic acids is 1. The lowest BCUT2D eigenvalue weighted by atomic mass is 10.1. The maximum atomic E-state index is 12.9. The van der Waals surface area contributed by atoms with Gasteiger partial charge >= 0.3 is 12.1 Å². The van der Waals surface area contributed by atoms with Crippen LogP contribution in [0.3, 0.4) is 0 Å². The number of piperazine rings is 1. The minimum Gasteiger partial charge on any atom is -0.480 e. The molecule has 1 atom stereocenters. The van der Waals surface area contributed by atoms with Crippen molar-refractivity contribution in [3.63, 3.8) is 0 Å². The lowest BCUT2D eigenvalue weighted by molar-refractivity contribution is -0.143. The molecule has 0 spiro atoms. The van der Waals surface area contributed by atoms with E-state index in [9.17, 15) is 23.1 Å². The smallest absolute Gasteiger partial charge is 0.410 e. The number of rotatable bonds is 4. The minimum atomic E-state index is -3.86. The van der Waals surface area contributed by atoms with E-state index in [1.165, 1.54) is 4.90 Å². The summed E-state index contributed by atoms with van der Waals surface area (Å²) in [5.74, 6) is -1.58. The number of sulfonamides is 1. The summed E-state index contributed by atoms with van der Waals surface area (Å²) in [5.41, 5.74) is 0.723. The molecule has 27 heavy (non-hydrogen) atoms. The Balaban J connectivity index is 2.19. The zero-order valence-corrected chi connectivity index (χ0v) is 16.8. The standard InChI is InChI=1S/C18H26N2O6S/c1-13-7-5-6-8-14(13)12-27(24,25)20-10-9-19(11-15(20)16(21)22)17(23)26-18(2,3)4/h5-8,15H,9-12H2,1-4H3,(H,21,22). The largest absolute Gasteiger partial charge is 0.480 e. The van der Waals surface area contributed by atoms with Gasteiger partial charge in [0.2, 0.25) is 10.0 Å². The molecule has 150 valence electrons. The highest BCUT2D eigenvalue weighted by Crippen LogP contribution is 2.21. The molecule has 0 saturated carbocycles. The molecule has 2 rings (SSSR count). The third kappa shape index (κ3) is 5.43. The minimum absolute atomic E-state index is 0.0751. The Morgan fingerprint density at radius 1 is 1.22 bits per heavy atom. The number of nitrogens with zero attached hydrogens (tertiary/aromatic N) is 2. The van der Waals surface area contributed by atoms with Crippen LogP contribution in [-0.4, -0.2) is 66.1 Å². The average molecular weight is 398 g/mol. The van der Waals surface area contributed by atoms with Crippen molar-refractivity contribution < 1.29 is 27.9 Å². The molecule has 0 radical (unpaired) electrons. The first-order valence-electron chi connectivity index (χ1n) is 8.65. The lowest BCUT2D eigenvalue weighted by Gasteiger charge is -2.38. The third-order valence-corrected chi connectivity index (χ3v) is 6.05. The SMILES string of the molecule is Cc1ccccc1CS(=O)(=O)N1CCN(C(=O)OC(C)(C)C)CC1C(=O)O.